The van der Waals surface area contributed by atoms with Crippen molar-refractivity contribution in [3.63, 3.8) is 0 Å². The molecule has 0 aromatic heterocycles. The van der Waals surface area contributed by atoms with Crippen LogP contribution in [0.1, 0.15) is 0 Å². The molecule has 0 atom stereocenters. The Balaban J connectivity index is 2.10. The Morgan fingerprint density at radius 2 is 2.57 bits per heavy atom. The molecule has 0 aromatic rings. The quantitative estimate of drug-likeness (QED) is 0.729. The molecule has 0 aliphatic carbocycles. The molecule has 14 heavy (non-hydrogen) atoms. The number of hydrazone groups is 1. The van der Waals surface area contributed by atoms with E-state index in [1.54, 1.807) is 18.9 Å². The van der Waals surface area contributed by atoms with Crippen LogP contribution in [-0.4, -0.2) is 49.4 Å². The van der Waals surface area contributed by atoms with E-state index in [0.717, 1.165) is 18.2 Å². The molecule has 5 nitrogen and oxygen atoms in total. The molecule has 0 spiro atoms. The predicted octanol–water partition coefficient (Wildman–Crippen LogP) is 0.244. The van der Waals surface area contributed by atoms with E-state index < -0.39 is 0 Å². The number of hydrogen-bond acceptors (Lipinski definition) is 6. The maximum atomic E-state index is 5.11. The highest BCUT2D eigenvalue weighted by Crippen LogP contribution is 2.24. The lowest BCUT2D eigenvalue weighted by molar-refractivity contribution is 0.0744. The second-order valence-electron chi connectivity index (χ2n) is 3.19. The van der Waals surface area contributed by atoms with E-state index in [-0.39, 0.29) is 0 Å². The smallest absolute Gasteiger partial charge is 0.117 e. The lowest BCUT2D eigenvalue weighted by Gasteiger charge is -2.20. The third-order valence-electron chi connectivity index (χ3n) is 2.21. The summed E-state index contributed by atoms with van der Waals surface area (Å²) in [7, 11) is 1.72. The molecule has 0 saturated carbocycles. The van der Waals surface area contributed by atoms with E-state index in [2.05, 4.69) is 20.3 Å². The van der Waals surface area contributed by atoms with Gasteiger partial charge in [-0.15, -0.1) is 11.8 Å². The van der Waals surface area contributed by atoms with E-state index in [4.69, 9.17) is 4.74 Å². The van der Waals surface area contributed by atoms with E-state index in [9.17, 15) is 0 Å². The Morgan fingerprint density at radius 1 is 1.71 bits per heavy atom. The molecule has 0 radical (unpaired) electrons. The zero-order valence-electron chi connectivity index (χ0n) is 8.36. The number of rotatable bonds is 3. The maximum absolute atomic E-state index is 5.11. The molecular weight excluding hydrogens is 200 g/mol. The average Bonchev–Trinajstić information content (AvgIpc) is 2.60. The molecule has 2 heterocycles. The van der Waals surface area contributed by atoms with Gasteiger partial charge in [0.1, 0.15) is 18.1 Å². The summed E-state index contributed by atoms with van der Waals surface area (Å²) in [6.07, 6.45) is 3.87. The van der Waals surface area contributed by atoms with Crippen molar-refractivity contribution >= 4 is 18.1 Å². The minimum Gasteiger partial charge on any atom is -0.369 e. The van der Waals surface area contributed by atoms with Crippen LogP contribution >= 0.6 is 11.8 Å². The van der Waals surface area contributed by atoms with Crippen LogP contribution in [0.3, 0.4) is 0 Å². The van der Waals surface area contributed by atoms with Crippen LogP contribution in [-0.2, 0) is 4.74 Å². The van der Waals surface area contributed by atoms with Gasteiger partial charge in [0.05, 0.1) is 12.4 Å². The largest absolute Gasteiger partial charge is 0.369 e. The summed E-state index contributed by atoms with van der Waals surface area (Å²) in [6.45, 7) is 2.44. The first-order valence-corrected chi connectivity index (χ1v) is 5.62. The zero-order chi connectivity index (χ0) is 9.97. The van der Waals surface area contributed by atoms with E-state index >= 15 is 0 Å². The van der Waals surface area contributed by atoms with Gasteiger partial charge in [-0.1, -0.05) is 0 Å². The number of hydrogen-bond donors (Lipinski definition) is 1. The Morgan fingerprint density at radius 3 is 3.29 bits per heavy atom. The fraction of sp³-hybridized carbons (Fsp3) is 0.625. The van der Waals surface area contributed by atoms with Gasteiger partial charge in [0.2, 0.25) is 0 Å². The Bertz CT molecular complexity index is 279. The van der Waals surface area contributed by atoms with Crippen molar-refractivity contribution in [3.8, 4) is 0 Å². The number of nitrogens with zero attached hydrogens (tertiary/aromatic N) is 3. The summed E-state index contributed by atoms with van der Waals surface area (Å²) >= 11 is 1.69. The molecule has 6 heteroatoms. The number of methoxy groups -OCH3 is 1. The van der Waals surface area contributed by atoms with Crippen molar-refractivity contribution in [2.45, 2.75) is 0 Å². The molecule has 0 aromatic carbocycles. The van der Waals surface area contributed by atoms with Crippen molar-refractivity contribution in [1.29, 1.82) is 0 Å². The molecule has 0 bridgehead atoms. The van der Waals surface area contributed by atoms with E-state index in [1.165, 1.54) is 5.70 Å². The number of nitrogens with one attached hydrogen (secondary N) is 1. The fourth-order valence-corrected chi connectivity index (χ4v) is 2.18. The SMILES string of the molecule is COCN1CC2=C(SC)NN=CN2C1. The van der Waals surface area contributed by atoms with Crippen LogP contribution in [0.25, 0.3) is 0 Å². The van der Waals surface area contributed by atoms with Crippen LogP contribution in [0.15, 0.2) is 15.8 Å². The predicted molar refractivity (Wildman–Crippen MR) is 57.5 cm³/mol. The molecule has 2 aliphatic heterocycles. The van der Waals surface area contributed by atoms with Gasteiger partial charge in [0.25, 0.3) is 0 Å². The Labute approximate surface area is 87.8 Å². The summed E-state index contributed by atoms with van der Waals surface area (Å²) in [5.41, 5.74) is 4.29. The third-order valence-corrected chi connectivity index (χ3v) is 2.95. The molecule has 1 fully saturated rings. The molecular formula is C8H14N4OS. The average molecular weight is 214 g/mol. The van der Waals surface area contributed by atoms with Gasteiger partial charge in [0, 0.05) is 13.7 Å². The zero-order valence-corrected chi connectivity index (χ0v) is 9.17. The van der Waals surface area contributed by atoms with Crippen LogP contribution < -0.4 is 5.43 Å². The Kier molecular flexibility index (Phi) is 2.95. The van der Waals surface area contributed by atoms with Gasteiger partial charge in [-0.25, -0.2) is 0 Å². The summed E-state index contributed by atoms with van der Waals surface area (Å²) in [4.78, 5) is 4.35. The minimum atomic E-state index is 0.662. The van der Waals surface area contributed by atoms with Gasteiger partial charge in [0.15, 0.2) is 0 Å². The van der Waals surface area contributed by atoms with E-state index in [0.29, 0.717) is 6.73 Å². The number of fused-ring (bicyclic) bond motifs is 1. The highest BCUT2D eigenvalue weighted by molar-refractivity contribution is 8.02. The number of thioether (sulfide) groups is 1. The van der Waals surface area contributed by atoms with Crippen molar-refractivity contribution in [1.82, 2.24) is 15.2 Å². The van der Waals surface area contributed by atoms with Crippen LogP contribution in [0, 0.1) is 0 Å². The summed E-state index contributed by atoms with van der Waals surface area (Å²) in [5.74, 6) is 0. The van der Waals surface area contributed by atoms with E-state index in [1.807, 2.05) is 12.6 Å². The van der Waals surface area contributed by atoms with Gasteiger partial charge in [-0.05, 0) is 6.26 Å². The summed E-state index contributed by atoms with van der Waals surface area (Å²) in [5, 5.41) is 5.20. The molecule has 1 saturated heterocycles. The lowest BCUT2D eigenvalue weighted by Crippen LogP contribution is -2.28. The fourth-order valence-electron chi connectivity index (χ4n) is 1.62. The van der Waals surface area contributed by atoms with Crippen LogP contribution in [0.2, 0.25) is 0 Å². The van der Waals surface area contributed by atoms with Gasteiger partial charge in [-0.2, -0.15) is 5.10 Å². The molecule has 2 aliphatic rings. The first kappa shape index (κ1) is 9.82. The maximum Gasteiger partial charge on any atom is 0.117 e. The molecule has 0 amide bonds. The minimum absolute atomic E-state index is 0.662. The lowest BCUT2D eigenvalue weighted by atomic mass is 10.4. The van der Waals surface area contributed by atoms with Gasteiger partial charge < -0.3 is 9.64 Å². The Hall–Kier alpha value is -0.720. The van der Waals surface area contributed by atoms with Crippen molar-refractivity contribution in [2.24, 2.45) is 5.10 Å². The molecule has 2 rings (SSSR count). The van der Waals surface area contributed by atoms with Crippen molar-refractivity contribution in [2.75, 3.05) is 33.3 Å². The number of ether oxygens (including phenoxy) is 1. The first-order chi connectivity index (χ1) is 6.85. The highest BCUT2D eigenvalue weighted by atomic mass is 32.2. The summed E-state index contributed by atoms with van der Waals surface area (Å²) < 4.78 is 5.11. The summed E-state index contributed by atoms with van der Waals surface area (Å²) in [6, 6.07) is 0. The topological polar surface area (TPSA) is 40.1 Å². The van der Waals surface area contributed by atoms with Crippen LogP contribution in [0.4, 0.5) is 0 Å². The third kappa shape index (κ3) is 1.73. The standard InChI is InChI=1S/C8H14N4OS/c1-13-6-11-3-7-8(14-2)10-9-4-12(7)5-11/h4,10H,3,5-6H2,1-2H3. The molecule has 78 valence electrons. The normalized spacial score (nSPS) is 21.4. The van der Waals surface area contributed by atoms with Crippen LogP contribution in [0.5, 0.6) is 0 Å². The van der Waals surface area contributed by atoms with Gasteiger partial charge in [-0.3, -0.25) is 10.3 Å². The van der Waals surface area contributed by atoms with Crippen molar-refractivity contribution in [3.05, 3.63) is 10.7 Å². The second kappa shape index (κ2) is 4.20. The monoisotopic (exact) mass is 214 g/mol. The van der Waals surface area contributed by atoms with Gasteiger partial charge >= 0.3 is 0 Å². The highest BCUT2D eigenvalue weighted by Gasteiger charge is 2.27. The molecule has 0 unspecified atom stereocenters. The first-order valence-electron chi connectivity index (χ1n) is 4.39. The second-order valence-corrected chi connectivity index (χ2v) is 4.01. The molecule has 1 N–H and O–H groups in total. The van der Waals surface area contributed by atoms with Crippen molar-refractivity contribution < 1.29 is 4.74 Å².